The van der Waals surface area contributed by atoms with E-state index in [1.807, 2.05) is 13.8 Å². The van der Waals surface area contributed by atoms with Crippen LogP contribution in [0.15, 0.2) is 5.11 Å². The van der Waals surface area contributed by atoms with Crippen LogP contribution in [0.4, 0.5) is 0 Å². The van der Waals surface area contributed by atoms with E-state index in [2.05, 4.69) is 23.9 Å². The lowest BCUT2D eigenvalue weighted by atomic mass is 10.6. The van der Waals surface area contributed by atoms with Gasteiger partial charge in [-0.1, -0.05) is 39.2 Å². The Bertz CT molecular complexity index is 55.3. The highest BCUT2D eigenvalue weighted by molar-refractivity contribution is 4.30. The molecule has 0 bridgehead atoms. The summed E-state index contributed by atoms with van der Waals surface area (Å²) in [5.74, 6) is 0. The Kier molecular flexibility index (Phi) is 95.4. The van der Waals surface area contributed by atoms with E-state index in [1.165, 1.54) is 13.5 Å². The molecule has 0 aromatic rings. The van der Waals surface area contributed by atoms with Gasteiger partial charge in [0.25, 0.3) is 0 Å². The van der Waals surface area contributed by atoms with E-state index in [0.29, 0.717) is 0 Å². The van der Waals surface area contributed by atoms with Crippen LogP contribution in [0.1, 0.15) is 34.1 Å². The average molecular weight is 131 g/mol. The highest BCUT2D eigenvalue weighted by Gasteiger charge is 1.35. The monoisotopic (exact) mass is 131 g/mol. The second-order valence-corrected chi connectivity index (χ2v) is 0.997. The van der Waals surface area contributed by atoms with Crippen molar-refractivity contribution in [3.8, 4) is 0 Å². The molecule has 0 aliphatic rings. The lowest BCUT2D eigenvalue weighted by Gasteiger charge is -1.48. The summed E-state index contributed by atoms with van der Waals surface area (Å²) < 4.78 is 0. The number of hydrogen-bond donors (Lipinski definition) is 0. The molecule has 56 valence electrons. The van der Waals surface area contributed by atoms with Gasteiger partial charge in [0.2, 0.25) is 0 Å². The summed E-state index contributed by atoms with van der Waals surface area (Å²) in [5.41, 5.74) is 7.33. The maximum absolute atomic E-state index is 7.33. The van der Waals surface area contributed by atoms with E-state index < -0.39 is 0 Å². The molecule has 0 atom stereocenters. The van der Waals surface area contributed by atoms with Crippen LogP contribution in [0, 0.1) is 0 Å². The van der Waals surface area contributed by atoms with E-state index in [1.54, 1.807) is 0 Å². The molecule has 0 saturated carbocycles. The van der Waals surface area contributed by atoms with Crippen LogP contribution in [0.25, 0.3) is 10.4 Å². The third kappa shape index (κ3) is 2140. The van der Waals surface area contributed by atoms with Gasteiger partial charge in [0.1, 0.15) is 0 Å². The standard InChI is InChI=1S/C3H8.C2H6.CH3N3/c1-3-2;1-2;1-3-4-2/h3H2,1-2H3;1-2H3;1H3. The molecule has 0 spiro atoms. The van der Waals surface area contributed by atoms with Crippen molar-refractivity contribution >= 4 is 0 Å². The zero-order valence-electron chi connectivity index (χ0n) is 7.05. The fourth-order valence-corrected chi connectivity index (χ4v) is 0. The van der Waals surface area contributed by atoms with E-state index >= 15 is 0 Å². The summed E-state index contributed by atoms with van der Waals surface area (Å²) in [4.78, 5) is 2.36. The van der Waals surface area contributed by atoms with Crippen LogP contribution in [0.2, 0.25) is 0 Å². The second-order valence-electron chi connectivity index (χ2n) is 0.997. The largest absolute Gasteiger partial charge is 0.0973 e. The van der Waals surface area contributed by atoms with Gasteiger partial charge in [-0.3, -0.25) is 0 Å². The third-order valence-electron chi connectivity index (χ3n) is 0.0894. The highest BCUT2D eigenvalue weighted by Crippen LogP contribution is 1.56. The smallest absolute Gasteiger partial charge is 0.0139 e. The van der Waals surface area contributed by atoms with E-state index in [9.17, 15) is 0 Å². The summed E-state index contributed by atoms with van der Waals surface area (Å²) in [6.07, 6.45) is 1.25. The molecule has 0 aromatic carbocycles. The molecule has 0 rings (SSSR count). The van der Waals surface area contributed by atoms with E-state index in [-0.39, 0.29) is 0 Å². The summed E-state index contributed by atoms with van der Waals surface area (Å²) in [7, 11) is 1.39. The first-order valence-electron chi connectivity index (χ1n) is 3.26. The Morgan fingerprint density at radius 2 is 1.44 bits per heavy atom. The molecule has 0 fully saturated rings. The third-order valence-corrected chi connectivity index (χ3v) is 0.0894. The molecular formula is C6H17N3. The molecule has 9 heavy (non-hydrogen) atoms. The van der Waals surface area contributed by atoms with Crippen LogP contribution < -0.4 is 0 Å². The molecule has 0 amide bonds. The maximum atomic E-state index is 7.33. The fourth-order valence-electron chi connectivity index (χ4n) is 0. The Balaban J connectivity index is -0.0000000646. The molecule has 0 aliphatic heterocycles. The van der Waals surface area contributed by atoms with Crippen molar-refractivity contribution < 1.29 is 0 Å². The van der Waals surface area contributed by atoms with Crippen LogP contribution in [0.5, 0.6) is 0 Å². The summed E-state index contributed by atoms with van der Waals surface area (Å²) in [5, 5.41) is 2.92. The lowest BCUT2D eigenvalue weighted by molar-refractivity contribution is 1.09. The Morgan fingerprint density at radius 1 is 1.33 bits per heavy atom. The number of nitrogens with zero attached hydrogens (tertiary/aromatic N) is 3. The molecule has 0 radical (unpaired) electrons. The van der Waals surface area contributed by atoms with Crippen molar-refractivity contribution in [3.63, 3.8) is 0 Å². The molecule has 0 unspecified atom stereocenters. The highest BCUT2D eigenvalue weighted by atomic mass is 15.1. The van der Waals surface area contributed by atoms with Gasteiger partial charge in [-0.15, -0.1) is 0 Å². The fraction of sp³-hybridized carbons (Fsp3) is 1.00. The van der Waals surface area contributed by atoms with Crippen molar-refractivity contribution in [2.24, 2.45) is 5.11 Å². The van der Waals surface area contributed by atoms with Crippen LogP contribution in [0.3, 0.4) is 0 Å². The summed E-state index contributed by atoms with van der Waals surface area (Å²) >= 11 is 0. The Hall–Kier alpha value is -0.690. The number of rotatable bonds is 0. The molecule has 0 N–H and O–H groups in total. The van der Waals surface area contributed by atoms with Crippen molar-refractivity contribution in [2.75, 3.05) is 7.05 Å². The predicted octanol–water partition coefficient (Wildman–Crippen LogP) is 3.37. The first kappa shape index (κ1) is 15.7. The molecule has 3 heteroatoms. The molecule has 3 nitrogen and oxygen atoms in total. The summed E-state index contributed by atoms with van der Waals surface area (Å²) in [6.45, 7) is 8.25. The minimum absolute atomic E-state index is 1.25. The molecule has 0 heterocycles. The SMILES string of the molecule is CC.CCC.CN=[N+]=[N-]. The van der Waals surface area contributed by atoms with Gasteiger partial charge in [-0.05, 0) is 5.53 Å². The Morgan fingerprint density at radius 3 is 1.44 bits per heavy atom. The lowest BCUT2D eigenvalue weighted by Crippen LogP contribution is -1.27. The van der Waals surface area contributed by atoms with Gasteiger partial charge in [0, 0.05) is 12.0 Å². The normalized spacial score (nSPS) is 4.56. The second kappa shape index (κ2) is 54.5. The van der Waals surface area contributed by atoms with E-state index in [4.69, 9.17) is 5.53 Å². The van der Waals surface area contributed by atoms with Gasteiger partial charge in [0.15, 0.2) is 0 Å². The minimum atomic E-state index is 1.25. The van der Waals surface area contributed by atoms with Crippen molar-refractivity contribution in [2.45, 2.75) is 34.1 Å². The van der Waals surface area contributed by atoms with Gasteiger partial charge >= 0.3 is 0 Å². The van der Waals surface area contributed by atoms with Gasteiger partial charge in [-0.25, -0.2) is 0 Å². The first-order chi connectivity index (χ1) is 4.33. The van der Waals surface area contributed by atoms with Gasteiger partial charge in [-0.2, -0.15) is 0 Å². The maximum Gasteiger partial charge on any atom is 0.0139 e. The van der Waals surface area contributed by atoms with Crippen molar-refractivity contribution in [3.05, 3.63) is 10.4 Å². The van der Waals surface area contributed by atoms with Crippen LogP contribution in [-0.4, -0.2) is 7.05 Å². The summed E-state index contributed by atoms with van der Waals surface area (Å²) in [6, 6.07) is 0. The quantitative estimate of drug-likeness (QED) is 0.275. The minimum Gasteiger partial charge on any atom is -0.0973 e. The topological polar surface area (TPSA) is 48.8 Å². The van der Waals surface area contributed by atoms with Crippen molar-refractivity contribution in [1.82, 2.24) is 0 Å². The molecule has 0 aromatic heterocycles. The van der Waals surface area contributed by atoms with Crippen LogP contribution >= 0.6 is 0 Å². The predicted molar refractivity (Wildman–Crippen MR) is 42.4 cm³/mol. The molecule has 0 aliphatic carbocycles. The van der Waals surface area contributed by atoms with Crippen molar-refractivity contribution in [1.29, 1.82) is 0 Å². The number of hydrogen-bond acceptors (Lipinski definition) is 1. The zero-order chi connectivity index (χ0) is 8.12. The first-order valence-corrected chi connectivity index (χ1v) is 3.26. The molecule has 0 saturated heterocycles. The van der Waals surface area contributed by atoms with E-state index in [0.717, 1.165) is 0 Å². The average Bonchev–Trinajstić information content (AvgIpc) is 1.94. The van der Waals surface area contributed by atoms with Gasteiger partial charge in [0.05, 0.1) is 0 Å². The number of azide groups is 1. The van der Waals surface area contributed by atoms with Crippen LogP contribution in [-0.2, 0) is 0 Å². The van der Waals surface area contributed by atoms with Gasteiger partial charge < -0.3 is 0 Å². The molecular weight excluding hydrogens is 114 g/mol. The Labute approximate surface area is 57.7 Å². The zero-order valence-corrected chi connectivity index (χ0v) is 7.05.